The fraction of sp³-hybridized carbons (Fsp3) is 0.462. The molecule has 1 aromatic carbocycles. The summed E-state index contributed by atoms with van der Waals surface area (Å²) in [5.74, 6) is 1.04. The van der Waals surface area contributed by atoms with Crippen LogP contribution in [0.3, 0.4) is 0 Å². The summed E-state index contributed by atoms with van der Waals surface area (Å²) in [6, 6.07) is 6.40. The zero-order valence-corrected chi connectivity index (χ0v) is 11.5. The standard InChI is InChI=1S/C13H15BrN2O/c1-16(5-2-4-15)9-11-8-12(14)7-10-3-6-17-13(10)11/h7-8H,2-3,5-6,9H2,1H3. The first kappa shape index (κ1) is 12.4. The number of nitriles is 1. The Labute approximate surface area is 110 Å². The molecule has 0 bridgehead atoms. The Morgan fingerprint density at radius 1 is 1.53 bits per heavy atom. The molecule has 4 heteroatoms. The Morgan fingerprint density at radius 3 is 3.12 bits per heavy atom. The Kier molecular flexibility index (Phi) is 4.03. The molecular weight excluding hydrogens is 280 g/mol. The number of rotatable bonds is 4. The van der Waals surface area contributed by atoms with Gasteiger partial charge in [0.25, 0.3) is 0 Å². The summed E-state index contributed by atoms with van der Waals surface area (Å²) in [4.78, 5) is 2.15. The van der Waals surface area contributed by atoms with Gasteiger partial charge in [-0.1, -0.05) is 15.9 Å². The van der Waals surface area contributed by atoms with Crippen LogP contribution in [-0.4, -0.2) is 25.1 Å². The van der Waals surface area contributed by atoms with E-state index in [0.29, 0.717) is 6.42 Å². The van der Waals surface area contributed by atoms with Gasteiger partial charge >= 0.3 is 0 Å². The molecule has 0 saturated heterocycles. The second kappa shape index (κ2) is 5.52. The average Bonchev–Trinajstić information content (AvgIpc) is 2.74. The maximum Gasteiger partial charge on any atom is 0.127 e. The van der Waals surface area contributed by atoms with Gasteiger partial charge in [0.2, 0.25) is 0 Å². The predicted octanol–water partition coefficient (Wildman–Crippen LogP) is 2.73. The van der Waals surface area contributed by atoms with Crippen LogP contribution in [0.1, 0.15) is 17.5 Å². The second-order valence-corrected chi connectivity index (χ2v) is 5.21. The number of ether oxygens (including phenoxy) is 1. The van der Waals surface area contributed by atoms with Crippen molar-refractivity contribution in [1.29, 1.82) is 5.26 Å². The van der Waals surface area contributed by atoms with Crippen LogP contribution in [0.5, 0.6) is 5.75 Å². The van der Waals surface area contributed by atoms with E-state index in [1.807, 2.05) is 7.05 Å². The van der Waals surface area contributed by atoms with Crippen molar-refractivity contribution in [2.75, 3.05) is 20.2 Å². The van der Waals surface area contributed by atoms with E-state index in [9.17, 15) is 0 Å². The van der Waals surface area contributed by atoms with Gasteiger partial charge in [0.1, 0.15) is 5.75 Å². The molecule has 0 unspecified atom stereocenters. The minimum atomic E-state index is 0.563. The number of halogens is 1. The van der Waals surface area contributed by atoms with E-state index in [-0.39, 0.29) is 0 Å². The van der Waals surface area contributed by atoms with Crippen LogP contribution in [0.2, 0.25) is 0 Å². The fourth-order valence-electron chi connectivity index (χ4n) is 2.07. The van der Waals surface area contributed by atoms with Gasteiger partial charge in [-0.15, -0.1) is 0 Å². The van der Waals surface area contributed by atoms with Crippen molar-refractivity contribution in [2.45, 2.75) is 19.4 Å². The molecule has 0 saturated carbocycles. The average molecular weight is 295 g/mol. The van der Waals surface area contributed by atoms with Crippen LogP contribution in [0.4, 0.5) is 0 Å². The summed E-state index contributed by atoms with van der Waals surface area (Å²) in [6.45, 7) is 2.39. The zero-order chi connectivity index (χ0) is 12.3. The van der Waals surface area contributed by atoms with Gasteiger partial charge in [-0.25, -0.2) is 0 Å². The third-order valence-electron chi connectivity index (χ3n) is 2.87. The second-order valence-electron chi connectivity index (χ2n) is 4.30. The molecule has 1 aliphatic rings. The lowest BCUT2D eigenvalue weighted by atomic mass is 10.1. The smallest absolute Gasteiger partial charge is 0.127 e. The molecule has 3 nitrogen and oxygen atoms in total. The lowest BCUT2D eigenvalue weighted by Gasteiger charge is -2.17. The van der Waals surface area contributed by atoms with E-state index in [0.717, 1.165) is 36.3 Å². The summed E-state index contributed by atoms with van der Waals surface area (Å²) in [7, 11) is 2.03. The molecule has 1 aromatic rings. The van der Waals surface area contributed by atoms with E-state index in [2.05, 4.69) is 39.0 Å². The van der Waals surface area contributed by atoms with Crippen molar-refractivity contribution < 1.29 is 4.74 Å². The van der Waals surface area contributed by atoms with Crippen LogP contribution in [0.25, 0.3) is 0 Å². The van der Waals surface area contributed by atoms with Gasteiger partial charge in [0.15, 0.2) is 0 Å². The first-order valence-electron chi connectivity index (χ1n) is 5.70. The van der Waals surface area contributed by atoms with E-state index in [1.165, 1.54) is 11.1 Å². The molecule has 0 atom stereocenters. The SMILES string of the molecule is CN(CCC#N)Cc1cc(Br)cc2c1OCC2. The van der Waals surface area contributed by atoms with Crippen molar-refractivity contribution in [3.8, 4) is 11.8 Å². The molecule has 0 spiro atoms. The molecule has 0 N–H and O–H groups in total. The van der Waals surface area contributed by atoms with Crippen LogP contribution in [-0.2, 0) is 13.0 Å². The Balaban J connectivity index is 2.13. The van der Waals surface area contributed by atoms with Gasteiger partial charge in [-0.3, -0.25) is 0 Å². The van der Waals surface area contributed by atoms with Crippen LogP contribution < -0.4 is 4.74 Å². The largest absolute Gasteiger partial charge is 0.493 e. The van der Waals surface area contributed by atoms with Gasteiger partial charge in [0, 0.05) is 36.0 Å². The first-order chi connectivity index (χ1) is 8.20. The number of nitrogens with zero attached hydrogens (tertiary/aromatic N) is 2. The summed E-state index contributed by atoms with van der Waals surface area (Å²) < 4.78 is 6.78. The quantitative estimate of drug-likeness (QED) is 0.857. The lowest BCUT2D eigenvalue weighted by Crippen LogP contribution is -2.19. The van der Waals surface area contributed by atoms with Crippen molar-refractivity contribution in [2.24, 2.45) is 0 Å². The Bertz CT molecular complexity index is 453. The summed E-state index contributed by atoms with van der Waals surface area (Å²) in [5.41, 5.74) is 2.48. The molecule has 17 heavy (non-hydrogen) atoms. The maximum absolute atomic E-state index is 8.57. The van der Waals surface area contributed by atoms with Crippen molar-refractivity contribution >= 4 is 15.9 Å². The number of benzene rings is 1. The molecule has 0 radical (unpaired) electrons. The highest BCUT2D eigenvalue weighted by Crippen LogP contribution is 2.33. The monoisotopic (exact) mass is 294 g/mol. The van der Waals surface area contributed by atoms with Gasteiger partial charge in [-0.05, 0) is 24.7 Å². The van der Waals surface area contributed by atoms with Crippen LogP contribution in [0.15, 0.2) is 16.6 Å². The number of fused-ring (bicyclic) bond motifs is 1. The number of hydrogen-bond acceptors (Lipinski definition) is 3. The van der Waals surface area contributed by atoms with Gasteiger partial charge in [-0.2, -0.15) is 5.26 Å². The molecule has 0 aliphatic carbocycles. The molecule has 90 valence electrons. The van der Waals surface area contributed by atoms with Crippen molar-refractivity contribution in [3.63, 3.8) is 0 Å². The highest BCUT2D eigenvalue weighted by atomic mass is 79.9. The van der Waals surface area contributed by atoms with E-state index in [1.54, 1.807) is 0 Å². The summed E-state index contributed by atoms with van der Waals surface area (Å²) in [6.07, 6.45) is 1.55. The summed E-state index contributed by atoms with van der Waals surface area (Å²) in [5, 5.41) is 8.57. The fourth-order valence-corrected chi connectivity index (χ4v) is 2.63. The van der Waals surface area contributed by atoms with E-state index < -0.39 is 0 Å². The Hall–Kier alpha value is -1.05. The first-order valence-corrected chi connectivity index (χ1v) is 6.49. The molecule has 0 amide bonds. The van der Waals surface area contributed by atoms with E-state index >= 15 is 0 Å². The third-order valence-corrected chi connectivity index (χ3v) is 3.33. The van der Waals surface area contributed by atoms with Crippen LogP contribution >= 0.6 is 15.9 Å². The molecule has 0 aromatic heterocycles. The molecule has 1 heterocycles. The topological polar surface area (TPSA) is 36.3 Å². The highest BCUT2D eigenvalue weighted by molar-refractivity contribution is 9.10. The number of hydrogen-bond donors (Lipinski definition) is 0. The normalized spacial score (nSPS) is 13.3. The third kappa shape index (κ3) is 2.99. The van der Waals surface area contributed by atoms with Crippen molar-refractivity contribution in [3.05, 3.63) is 27.7 Å². The lowest BCUT2D eigenvalue weighted by molar-refractivity contribution is 0.315. The van der Waals surface area contributed by atoms with Gasteiger partial charge in [0.05, 0.1) is 12.7 Å². The maximum atomic E-state index is 8.57. The highest BCUT2D eigenvalue weighted by Gasteiger charge is 2.18. The summed E-state index contributed by atoms with van der Waals surface area (Å²) >= 11 is 3.53. The van der Waals surface area contributed by atoms with Crippen LogP contribution in [0, 0.1) is 11.3 Å². The molecular formula is C13H15BrN2O. The van der Waals surface area contributed by atoms with Gasteiger partial charge < -0.3 is 9.64 Å². The zero-order valence-electron chi connectivity index (χ0n) is 9.87. The molecule has 0 fully saturated rings. The minimum absolute atomic E-state index is 0.563. The Morgan fingerprint density at radius 2 is 2.35 bits per heavy atom. The molecule has 2 rings (SSSR count). The van der Waals surface area contributed by atoms with Crippen molar-refractivity contribution in [1.82, 2.24) is 4.90 Å². The molecule has 1 aliphatic heterocycles. The van der Waals surface area contributed by atoms with E-state index in [4.69, 9.17) is 10.00 Å². The minimum Gasteiger partial charge on any atom is -0.493 e. The predicted molar refractivity (Wildman–Crippen MR) is 69.9 cm³/mol.